The van der Waals surface area contributed by atoms with E-state index in [1.54, 1.807) is 19.9 Å². The van der Waals surface area contributed by atoms with Crippen molar-refractivity contribution in [2.24, 2.45) is 5.92 Å². The number of hydrogen-bond donors (Lipinski definition) is 1. The highest BCUT2D eigenvalue weighted by Gasteiger charge is 2.22. The average molecular weight is 313 g/mol. The van der Waals surface area contributed by atoms with Gasteiger partial charge in [-0.15, -0.1) is 0 Å². The number of nitrogens with one attached hydrogen (secondary N) is 1. The third-order valence-electron chi connectivity index (χ3n) is 3.08. The van der Waals surface area contributed by atoms with Gasteiger partial charge in [-0.3, -0.25) is 4.79 Å². The number of ether oxygens (including phenoxy) is 1. The lowest BCUT2D eigenvalue weighted by Gasteiger charge is -2.12. The smallest absolute Gasteiger partial charge is 0.244 e. The van der Waals surface area contributed by atoms with Crippen molar-refractivity contribution in [3.8, 4) is 5.75 Å². The number of sulfonamides is 1. The molecular formula is C15H23NO4S. The molecule has 118 valence electrons. The molecule has 1 N–H and O–H groups in total. The van der Waals surface area contributed by atoms with Gasteiger partial charge in [0.15, 0.2) is 5.78 Å². The minimum absolute atomic E-state index is 0.00704. The second-order valence-corrected chi connectivity index (χ2v) is 6.87. The molecule has 0 amide bonds. The van der Waals surface area contributed by atoms with E-state index in [2.05, 4.69) is 4.72 Å². The van der Waals surface area contributed by atoms with Crippen LogP contribution in [-0.4, -0.2) is 27.9 Å². The van der Waals surface area contributed by atoms with Crippen LogP contribution in [0.5, 0.6) is 5.75 Å². The summed E-state index contributed by atoms with van der Waals surface area (Å²) in [4.78, 5) is 12.0. The van der Waals surface area contributed by atoms with E-state index in [9.17, 15) is 13.2 Å². The Morgan fingerprint density at radius 3 is 2.52 bits per heavy atom. The van der Waals surface area contributed by atoms with Gasteiger partial charge >= 0.3 is 0 Å². The summed E-state index contributed by atoms with van der Waals surface area (Å²) in [6, 6.07) is 4.49. The molecule has 0 atom stereocenters. The summed E-state index contributed by atoms with van der Waals surface area (Å²) in [6.45, 7) is 5.90. The summed E-state index contributed by atoms with van der Waals surface area (Å²) >= 11 is 0. The summed E-state index contributed by atoms with van der Waals surface area (Å²) in [6.07, 6.45) is 1.65. The molecule has 21 heavy (non-hydrogen) atoms. The van der Waals surface area contributed by atoms with Crippen LogP contribution in [0.25, 0.3) is 0 Å². The predicted octanol–water partition coefficient (Wildman–Crippen LogP) is 2.61. The van der Waals surface area contributed by atoms with Gasteiger partial charge in [-0.1, -0.05) is 27.2 Å². The summed E-state index contributed by atoms with van der Waals surface area (Å²) in [5, 5.41) is 0. The molecule has 0 saturated heterocycles. The van der Waals surface area contributed by atoms with Crippen molar-refractivity contribution in [2.75, 3.05) is 13.7 Å². The Balaban J connectivity index is 3.19. The first kappa shape index (κ1) is 17.7. The van der Waals surface area contributed by atoms with Crippen LogP contribution < -0.4 is 9.46 Å². The Kier molecular flexibility index (Phi) is 6.36. The first-order valence-electron chi connectivity index (χ1n) is 7.05. The number of carbonyl (C=O) groups excluding carboxylic acids is 1. The van der Waals surface area contributed by atoms with Crippen LogP contribution >= 0.6 is 0 Å². The summed E-state index contributed by atoms with van der Waals surface area (Å²) in [5.74, 6) is -0.0519. The van der Waals surface area contributed by atoms with E-state index in [1.165, 1.54) is 19.2 Å². The number of hydrogen-bond acceptors (Lipinski definition) is 4. The number of benzene rings is 1. The quantitative estimate of drug-likeness (QED) is 0.591. The molecule has 0 radical (unpaired) electrons. The molecule has 0 fully saturated rings. The van der Waals surface area contributed by atoms with E-state index in [-0.39, 0.29) is 22.3 Å². The molecule has 0 saturated carbocycles. The lowest BCUT2D eigenvalue weighted by atomic mass is 10.0. The Hall–Kier alpha value is -1.40. The molecule has 0 heterocycles. The minimum Gasteiger partial charge on any atom is -0.495 e. The zero-order valence-corrected chi connectivity index (χ0v) is 13.8. The lowest BCUT2D eigenvalue weighted by Crippen LogP contribution is -2.25. The molecule has 1 aromatic rings. The normalized spacial score (nSPS) is 11.7. The molecule has 0 aliphatic heterocycles. The summed E-state index contributed by atoms with van der Waals surface area (Å²) in [7, 11) is -2.28. The van der Waals surface area contributed by atoms with E-state index in [0.717, 1.165) is 12.8 Å². The average Bonchev–Trinajstić information content (AvgIpc) is 2.45. The molecule has 1 aromatic carbocycles. The highest BCUT2D eigenvalue weighted by atomic mass is 32.2. The maximum atomic E-state index is 12.3. The van der Waals surface area contributed by atoms with Crippen LogP contribution in [0.1, 0.15) is 44.0 Å². The van der Waals surface area contributed by atoms with E-state index in [0.29, 0.717) is 12.1 Å². The van der Waals surface area contributed by atoms with E-state index in [4.69, 9.17) is 4.74 Å². The molecule has 0 bridgehead atoms. The number of methoxy groups -OCH3 is 1. The minimum atomic E-state index is -3.68. The van der Waals surface area contributed by atoms with Crippen LogP contribution in [-0.2, 0) is 10.0 Å². The first-order valence-corrected chi connectivity index (χ1v) is 8.53. The van der Waals surface area contributed by atoms with Gasteiger partial charge in [0.1, 0.15) is 10.6 Å². The molecule has 0 spiro atoms. The molecule has 0 aliphatic carbocycles. The number of rotatable bonds is 8. The monoisotopic (exact) mass is 313 g/mol. The van der Waals surface area contributed by atoms with Crippen LogP contribution in [0, 0.1) is 5.92 Å². The highest BCUT2D eigenvalue weighted by Crippen LogP contribution is 2.26. The van der Waals surface area contributed by atoms with E-state index >= 15 is 0 Å². The Morgan fingerprint density at radius 2 is 2.00 bits per heavy atom. The standard InChI is InChI=1S/C15H23NO4S/c1-5-6-9-16-21(18,19)14-10-12(15(17)11(2)3)7-8-13(14)20-4/h7-8,10-11,16H,5-6,9H2,1-4H3. The fourth-order valence-electron chi connectivity index (χ4n) is 1.83. The van der Waals surface area contributed by atoms with Gasteiger partial charge in [0, 0.05) is 18.0 Å². The summed E-state index contributed by atoms with van der Waals surface area (Å²) < 4.78 is 32.3. The molecule has 0 unspecified atom stereocenters. The first-order chi connectivity index (χ1) is 9.83. The van der Waals surface area contributed by atoms with Crippen LogP contribution in [0.4, 0.5) is 0 Å². The maximum absolute atomic E-state index is 12.3. The Morgan fingerprint density at radius 1 is 1.33 bits per heavy atom. The zero-order valence-electron chi connectivity index (χ0n) is 13.0. The SMILES string of the molecule is CCCCNS(=O)(=O)c1cc(C(=O)C(C)C)ccc1OC. The lowest BCUT2D eigenvalue weighted by molar-refractivity contribution is 0.0939. The second kappa shape index (κ2) is 7.56. The summed E-state index contributed by atoms with van der Waals surface area (Å²) in [5.41, 5.74) is 0.377. The topological polar surface area (TPSA) is 72.5 Å². The molecule has 1 rings (SSSR count). The zero-order chi connectivity index (χ0) is 16.0. The third kappa shape index (κ3) is 4.54. The fraction of sp³-hybridized carbons (Fsp3) is 0.533. The third-order valence-corrected chi connectivity index (χ3v) is 4.57. The van der Waals surface area contributed by atoms with Crippen LogP contribution in [0.15, 0.2) is 23.1 Å². The largest absolute Gasteiger partial charge is 0.495 e. The van der Waals surface area contributed by atoms with Gasteiger partial charge in [0.05, 0.1) is 7.11 Å². The van der Waals surface area contributed by atoms with Crippen molar-refractivity contribution in [1.29, 1.82) is 0 Å². The Bertz CT molecular complexity index is 594. The maximum Gasteiger partial charge on any atom is 0.244 e. The van der Waals surface area contributed by atoms with Crippen molar-refractivity contribution in [3.63, 3.8) is 0 Å². The fourth-order valence-corrected chi connectivity index (χ4v) is 3.10. The van der Waals surface area contributed by atoms with Crippen molar-refractivity contribution >= 4 is 15.8 Å². The van der Waals surface area contributed by atoms with Gasteiger partial charge in [-0.2, -0.15) is 0 Å². The van der Waals surface area contributed by atoms with Gasteiger partial charge in [-0.25, -0.2) is 13.1 Å². The molecule has 6 heteroatoms. The van der Waals surface area contributed by atoms with Gasteiger partial charge < -0.3 is 4.74 Å². The number of Topliss-reactive ketones (excluding diaryl/α,β-unsaturated/α-hetero) is 1. The van der Waals surface area contributed by atoms with Gasteiger partial charge in [-0.05, 0) is 24.6 Å². The molecule has 5 nitrogen and oxygen atoms in total. The number of ketones is 1. The van der Waals surface area contributed by atoms with E-state index < -0.39 is 10.0 Å². The van der Waals surface area contributed by atoms with Crippen molar-refractivity contribution in [2.45, 2.75) is 38.5 Å². The Labute approximate surface area is 126 Å². The number of unbranched alkanes of at least 4 members (excludes halogenated alkanes) is 1. The van der Waals surface area contributed by atoms with Crippen molar-refractivity contribution in [1.82, 2.24) is 4.72 Å². The van der Waals surface area contributed by atoms with Gasteiger partial charge in [0.25, 0.3) is 0 Å². The molecular weight excluding hydrogens is 290 g/mol. The molecule has 0 aromatic heterocycles. The predicted molar refractivity (Wildman–Crippen MR) is 82.3 cm³/mol. The van der Waals surface area contributed by atoms with Crippen LogP contribution in [0.2, 0.25) is 0 Å². The van der Waals surface area contributed by atoms with Gasteiger partial charge in [0.2, 0.25) is 10.0 Å². The van der Waals surface area contributed by atoms with Crippen molar-refractivity contribution < 1.29 is 17.9 Å². The molecule has 0 aliphatic rings. The second-order valence-electron chi connectivity index (χ2n) is 5.14. The van der Waals surface area contributed by atoms with E-state index in [1.807, 2.05) is 6.92 Å². The van der Waals surface area contributed by atoms with Crippen LogP contribution in [0.3, 0.4) is 0 Å². The number of carbonyl (C=O) groups is 1. The highest BCUT2D eigenvalue weighted by molar-refractivity contribution is 7.89. The van der Waals surface area contributed by atoms with Crippen molar-refractivity contribution in [3.05, 3.63) is 23.8 Å².